The van der Waals surface area contributed by atoms with Crippen LogP contribution >= 0.6 is 0 Å². The highest BCUT2D eigenvalue weighted by Crippen LogP contribution is 2.23. The highest BCUT2D eigenvalue weighted by molar-refractivity contribution is 5.78. The predicted molar refractivity (Wildman–Crippen MR) is 69.1 cm³/mol. The first-order valence-electron chi connectivity index (χ1n) is 5.74. The van der Waals surface area contributed by atoms with Crippen LogP contribution in [0.1, 0.15) is 38.8 Å². The molecule has 3 N–H and O–H groups in total. The van der Waals surface area contributed by atoms with Crippen molar-refractivity contribution in [2.45, 2.75) is 45.1 Å². The molecule has 0 bridgehead atoms. The van der Waals surface area contributed by atoms with E-state index in [0.29, 0.717) is 6.42 Å². The van der Waals surface area contributed by atoms with Gasteiger partial charge in [-0.3, -0.25) is 4.79 Å². The van der Waals surface area contributed by atoms with Crippen molar-refractivity contribution in [2.24, 2.45) is 5.73 Å². The monoisotopic (exact) mass is 235 g/mol. The summed E-state index contributed by atoms with van der Waals surface area (Å²) in [5.41, 5.74) is 6.80. The highest BCUT2D eigenvalue weighted by Gasteiger charge is 2.28. The summed E-state index contributed by atoms with van der Waals surface area (Å²) in [5, 5.41) is 8.96. The second kappa shape index (κ2) is 4.49. The Balaban J connectivity index is 2.86. The smallest absolute Gasteiger partial charge is 0.323 e. The second-order valence-corrected chi connectivity index (χ2v) is 5.85. The molecule has 0 saturated heterocycles. The summed E-state index contributed by atoms with van der Waals surface area (Å²) in [6, 6.07) is 7.98. The van der Waals surface area contributed by atoms with Crippen LogP contribution in [0.3, 0.4) is 0 Å². The zero-order valence-electron chi connectivity index (χ0n) is 10.9. The van der Waals surface area contributed by atoms with Crippen molar-refractivity contribution in [3.05, 3.63) is 35.4 Å². The van der Waals surface area contributed by atoms with Crippen molar-refractivity contribution in [1.82, 2.24) is 0 Å². The topological polar surface area (TPSA) is 63.3 Å². The molecule has 0 radical (unpaired) electrons. The molecule has 1 unspecified atom stereocenters. The van der Waals surface area contributed by atoms with Crippen LogP contribution in [0.4, 0.5) is 0 Å². The first-order chi connectivity index (χ1) is 7.63. The predicted octanol–water partition coefficient (Wildman–Crippen LogP) is 2.33. The van der Waals surface area contributed by atoms with Gasteiger partial charge in [-0.05, 0) is 23.5 Å². The lowest BCUT2D eigenvalue weighted by atomic mass is 9.85. The van der Waals surface area contributed by atoms with Crippen molar-refractivity contribution in [2.75, 3.05) is 0 Å². The summed E-state index contributed by atoms with van der Waals surface area (Å²) in [5.74, 6) is -0.975. The van der Waals surface area contributed by atoms with E-state index in [1.54, 1.807) is 0 Å². The molecule has 3 nitrogen and oxygen atoms in total. The molecule has 0 saturated carbocycles. The standard InChI is InChI=1S/C14H21NO2/c1-13(2,3)11-7-5-10(6-8-11)9-14(4,15)12(16)17/h5-8H,9,15H2,1-4H3,(H,16,17). The molecular weight excluding hydrogens is 214 g/mol. The number of carboxylic acids is 1. The number of carboxylic acid groups (broad SMARTS) is 1. The SMILES string of the molecule is CC(N)(Cc1ccc(C(C)(C)C)cc1)C(=O)O. The molecule has 1 rings (SSSR count). The Morgan fingerprint density at radius 2 is 1.65 bits per heavy atom. The quantitative estimate of drug-likeness (QED) is 0.845. The van der Waals surface area contributed by atoms with E-state index in [2.05, 4.69) is 20.8 Å². The van der Waals surface area contributed by atoms with E-state index in [4.69, 9.17) is 10.8 Å². The first kappa shape index (κ1) is 13.7. The van der Waals surface area contributed by atoms with Crippen LogP contribution in [0.25, 0.3) is 0 Å². The fourth-order valence-corrected chi connectivity index (χ4v) is 1.62. The van der Waals surface area contributed by atoms with Gasteiger partial charge in [0.25, 0.3) is 0 Å². The average molecular weight is 235 g/mol. The van der Waals surface area contributed by atoms with Gasteiger partial charge in [0.05, 0.1) is 0 Å². The van der Waals surface area contributed by atoms with E-state index in [1.165, 1.54) is 12.5 Å². The van der Waals surface area contributed by atoms with Gasteiger partial charge in [-0.1, -0.05) is 45.0 Å². The Morgan fingerprint density at radius 3 is 2.00 bits per heavy atom. The molecule has 0 aromatic heterocycles. The van der Waals surface area contributed by atoms with Gasteiger partial charge in [0.1, 0.15) is 5.54 Å². The van der Waals surface area contributed by atoms with Crippen molar-refractivity contribution in [3.8, 4) is 0 Å². The van der Waals surface area contributed by atoms with E-state index in [9.17, 15) is 4.79 Å². The molecule has 0 fully saturated rings. The van der Waals surface area contributed by atoms with Crippen LogP contribution in [-0.4, -0.2) is 16.6 Å². The van der Waals surface area contributed by atoms with Crippen LogP contribution < -0.4 is 5.73 Å². The van der Waals surface area contributed by atoms with Crippen molar-refractivity contribution >= 4 is 5.97 Å². The summed E-state index contributed by atoms with van der Waals surface area (Å²) in [7, 11) is 0. The zero-order valence-corrected chi connectivity index (χ0v) is 10.9. The molecule has 1 atom stereocenters. The third kappa shape index (κ3) is 3.56. The minimum atomic E-state index is -1.21. The average Bonchev–Trinajstić information content (AvgIpc) is 2.16. The zero-order chi connectivity index (χ0) is 13.3. The van der Waals surface area contributed by atoms with E-state index in [0.717, 1.165) is 5.56 Å². The second-order valence-electron chi connectivity index (χ2n) is 5.85. The van der Waals surface area contributed by atoms with Crippen LogP contribution in [0.2, 0.25) is 0 Å². The molecule has 0 heterocycles. The Morgan fingerprint density at radius 1 is 1.18 bits per heavy atom. The maximum absolute atomic E-state index is 10.9. The van der Waals surface area contributed by atoms with Gasteiger partial charge in [-0.2, -0.15) is 0 Å². The third-order valence-electron chi connectivity index (χ3n) is 2.88. The summed E-state index contributed by atoms with van der Waals surface area (Å²) < 4.78 is 0. The molecule has 0 aliphatic rings. The summed E-state index contributed by atoms with van der Waals surface area (Å²) in [6.45, 7) is 7.97. The molecule has 0 amide bonds. The summed E-state index contributed by atoms with van der Waals surface area (Å²) in [6.07, 6.45) is 0.340. The Hall–Kier alpha value is -1.35. The Bertz CT molecular complexity index is 399. The largest absolute Gasteiger partial charge is 0.480 e. The fourth-order valence-electron chi connectivity index (χ4n) is 1.62. The van der Waals surface area contributed by atoms with E-state index < -0.39 is 11.5 Å². The van der Waals surface area contributed by atoms with Crippen molar-refractivity contribution in [3.63, 3.8) is 0 Å². The number of carbonyl (C=O) groups is 1. The van der Waals surface area contributed by atoms with E-state index >= 15 is 0 Å². The molecule has 1 aromatic carbocycles. The third-order valence-corrected chi connectivity index (χ3v) is 2.88. The van der Waals surface area contributed by atoms with Crippen LogP contribution in [-0.2, 0) is 16.6 Å². The number of aliphatic carboxylic acids is 1. The number of rotatable bonds is 3. The minimum Gasteiger partial charge on any atom is -0.480 e. The highest BCUT2D eigenvalue weighted by atomic mass is 16.4. The maximum atomic E-state index is 10.9. The normalized spacial score (nSPS) is 15.4. The molecule has 1 aromatic rings. The van der Waals surface area contributed by atoms with Gasteiger partial charge in [0, 0.05) is 6.42 Å². The first-order valence-corrected chi connectivity index (χ1v) is 5.74. The lowest BCUT2D eigenvalue weighted by molar-refractivity contribution is -0.142. The van der Waals surface area contributed by atoms with Gasteiger partial charge < -0.3 is 10.8 Å². The summed E-state index contributed by atoms with van der Waals surface area (Å²) >= 11 is 0. The number of benzene rings is 1. The van der Waals surface area contributed by atoms with Crippen molar-refractivity contribution in [1.29, 1.82) is 0 Å². The molecule has 3 heteroatoms. The van der Waals surface area contributed by atoms with Gasteiger partial charge in [0.15, 0.2) is 0 Å². The fraction of sp³-hybridized carbons (Fsp3) is 0.500. The molecule has 0 aliphatic carbocycles. The number of hydrogen-bond donors (Lipinski definition) is 2. The molecule has 0 aliphatic heterocycles. The molecule has 94 valence electrons. The van der Waals surface area contributed by atoms with Gasteiger partial charge in [-0.15, -0.1) is 0 Å². The van der Waals surface area contributed by atoms with Crippen LogP contribution in [0.5, 0.6) is 0 Å². The van der Waals surface area contributed by atoms with Crippen LogP contribution in [0.15, 0.2) is 24.3 Å². The molecule has 17 heavy (non-hydrogen) atoms. The Labute approximate surface area is 103 Å². The lowest BCUT2D eigenvalue weighted by Gasteiger charge is -2.21. The summed E-state index contributed by atoms with van der Waals surface area (Å²) in [4.78, 5) is 10.9. The van der Waals surface area contributed by atoms with E-state index in [-0.39, 0.29) is 5.41 Å². The van der Waals surface area contributed by atoms with Gasteiger partial charge >= 0.3 is 5.97 Å². The molecular formula is C14H21NO2. The van der Waals surface area contributed by atoms with Gasteiger partial charge in [-0.25, -0.2) is 0 Å². The lowest BCUT2D eigenvalue weighted by Crippen LogP contribution is -2.46. The van der Waals surface area contributed by atoms with Crippen molar-refractivity contribution < 1.29 is 9.90 Å². The number of hydrogen-bond acceptors (Lipinski definition) is 2. The van der Waals surface area contributed by atoms with Gasteiger partial charge in [0.2, 0.25) is 0 Å². The van der Waals surface area contributed by atoms with E-state index in [1.807, 2.05) is 24.3 Å². The minimum absolute atomic E-state index is 0.108. The number of nitrogens with two attached hydrogens (primary N) is 1. The van der Waals surface area contributed by atoms with Crippen LogP contribution in [0, 0.1) is 0 Å². The maximum Gasteiger partial charge on any atom is 0.323 e. The Kier molecular flexibility index (Phi) is 3.62. The molecule has 0 spiro atoms.